The summed E-state index contributed by atoms with van der Waals surface area (Å²) in [4.78, 5) is 24.2. The number of ketones is 1. The lowest BCUT2D eigenvalue weighted by atomic mass is 10.0. The lowest BCUT2D eigenvalue weighted by molar-refractivity contribution is -0.119. The van der Waals surface area contributed by atoms with Crippen LogP contribution in [0.3, 0.4) is 0 Å². The largest absolute Gasteiger partial charge is 0.350 e. The minimum atomic E-state index is -0.111. The summed E-state index contributed by atoms with van der Waals surface area (Å²) < 4.78 is 1.99. The summed E-state index contributed by atoms with van der Waals surface area (Å²) in [5, 5.41) is 12.4. The summed E-state index contributed by atoms with van der Waals surface area (Å²) in [7, 11) is 0. The number of amides is 1. The summed E-state index contributed by atoms with van der Waals surface area (Å²) in [5.41, 5.74) is 4.64. The Bertz CT molecular complexity index is 1280. The fourth-order valence-corrected chi connectivity index (χ4v) is 4.47. The minimum absolute atomic E-state index is 0.00319. The van der Waals surface area contributed by atoms with E-state index in [1.54, 1.807) is 12.1 Å². The molecule has 3 aromatic carbocycles. The van der Waals surface area contributed by atoms with E-state index in [1.807, 2.05) is 85.1 Å². The summed E-state index contributed by atoms with van der Waals surface area (Å²) in [5.74, 6) is 0.884. The molecular formula is C27H26N4O2S. The van der Waals surface area contributed by atoms with Crippen molar-refractivity contribution in [3.63, 3.8) is 0 Å². The number of hydrogen-bond donors (Lipinski definition) is 1. The Kier molecular flexibility index (Phi) is 7.23. The molecule has 1 aromatic heterocycles. The smallest absolute Gasteiger partial charge is 0.217 e. The van der Waals surface area contributed by atoms with Crippen molar-refractivity contribution in [2.24, 2.45) is 0 Å². The molecule has 0 bridgehead atoms. The number of nitrogens with zero attached hydrogens (tertiary/aromatic N) is 3. The molecule has 1 N–H and O–H groups in total. The number of benzene rings is 3. The molecule has 0 saturated heterocycles. The third-order valence-electron chi connectivity index (χ3n) is 5.44. The Hall–Kier alpha value is -3.71. The second-order valence-electron chi connectivity index (χ2n) is 8.10. The predicted molar refractivity (Wildman–Crippen MR) is 135 cm³/mol. The highest BCUT2D eigenvalue weighted by atomic mass is 32.2. The van der Waals surface area contributed by atoms with Crippen LogP contribution in [-0.4, -0.2) is 32.2 Å². The maximum absolute atomic E-state index is 12.9. The topological polar surface area (TPSA) is 76.9 Å². The van der Waals surface area contributed by atoms with Gasteiger partial charge in [-0.3, -0.25) is 14.2 Å². The maximum Gasteiger partial charge on any atom is 0.217 e. The van der Waals surface area contributed by atoms with Crippen LogP contribution in [0.15, 0.2) is 84.0 Å². The molecule has 0 radical (unpaired) electrons. The third-order valence-corrected chi connectivity index (χ3v) is 6.37. The van der Waals surface area contributed by atoms with Crippen LogP contribution in [-0.2, 0) is 4.79 Å². The van der Waals surface area contributed by atoms with Crippen molar-refractivity contribution in [3.8, 4) is 17.1 Å². The molecule has 0 aliphatic rings. The van der Waals surface area contributed by atoms with Crippen molar-refractivity contribution >= 4 is 23.5 Å². The molecule has 1 amide bonds. The van der Waals surface area contributed by atoms with Gasteiger partial charge in [-0.25, -0.2) is 0 Å². The normalized spacial score (nSPS) is 11.7. The van der Waals surface area contributed by atoms with Gasteiger partial charge in [-0.15, -0.1) is 10.2 Å². The second kappa shape index (κ2) is 10.5. The monoisotopic (exact) mass is 470 g/mol. The van der Waals surface area contributed by atoms with E-state index in [9.17, 15) is 9.59 Å². The van der Waals surface area contributed by atoms with E-state index in [-0.39, 0.29) is 23.5 Å². The number of hydrogen-bond acceptors (Lipinski definition) is 5. The molecule has 0 saturated carbocycles. The van der Waals surface area contributed by atoms with Crippen molar-refractivity contribution in [2.75, 3.05) is 5.75 Å². The summed E-state index contributed by atoms with van der Waals surface area (Å²) in [6.07, 6.45) is 0. The molecule has 1 unspecified atom stereocenters. The van der Waals surface area contributed by atoms with Crippen LogP contribution in [0.1, 0.15) is 41.4 Å². The Balaban J connectivity index is 1.55. The maximum atomic E-state index is 12.9. The average molecular weight is 471 g/mol. The highest BCUT2D eigenvalue weighted by molar-refractivity contribution is 7.99. The zero-order valence-corrected chi connectivity index (χ0v) is 20.2. The molecule has 34 heavy (non-hydrogen) atoms. The summed E-state index contributed by atoms with van der Waals surface area (Å²) in [6.45, 7) is 5.45. The molecule has 172 valence electrons. The quantitative estimate of drug-likeness (QED) is 0.275. The average Bonchev–Trinajstić information content (AvgIpc) is 3.27. The van der Waals surface area contributed by atoms with E-state index >= 15 is 0 Å². The van der Waals surface area contributed by atoms with Crippen LogP contribution in [0.5, 0.6) is 0 Å². The van der Waals surface area contributed by atoms with E-state index in [0.717, 1.165) is 22.6 Å². The van der Waals surface area contributed by atoms with Gasteiger partial charge >= 0.3 is 0 Å². The number of carbonyl (C=O) groups is 2. The van der Waals surface area contributed by atoms with Gasteiger partial charge in [-0.05, 0) is 31.5 Å². The number of rotatable bonds is 8. The van der Waals surface area contributed by atoms with Crippen LogP contribution in [0.2, 0.25) is 0 Å². The van der Waals surface area contributed by atoms with E-state index in [1.165, 1.54) is 24.2 Å². The molecular weight excluding hydrogens is 444 g/mol. The first-order valence-corrected chi connectivity index (χ1v) is 12.0. The zero-order valence-electron chi connectivity index (χ0n) is 19.4. The Morgan fingerprint density at radius 1 is 0.941 bits per heavy atom. The summed E-state index contributed by atoms with van der Waals surface area (Å²) in [6, 6.07) is 25.3. The van der Waals surface area contributed by atoms with Crippen LogP contribution in [0.25, 0.3) is 17.1 Å². The highest BCUT2D eigenvalue weighted by Crippen LogP contribution is 2.28. The lowest BCUT2D eigenvalue weighted by Gasteiger charge is -2.13. The van der Waals surface area contributed by atoms with Crippen molar-refractivity contribution in [1.29, 1.82) is 0 Å². The van der Waals surface area contributed by atoms with Gasteiger partial charge in [0.2, 0.25) is 5.91 Å². The van der Waals surface area contributed by atoms with Gasteiger partial charge in [0, 0.05) is 23.7 Å². The van der Waals surface area contributed by atoms with Gasteiger partial charge in [0.05, 0.1) is 11.8 Å². The number of carbonyl (C=O) groups excluding carboxylic acids is 2. The lowest BCUT2D eigenvalue weighted by Crippen LogP contribution is -2.23. The van der Waals surface area contributed by atoms with Gasteiger partial charge < -0.3 is 5.32 Å². The molecule has 0 spiro atoms. The van der Waals surface area contributed by atoms with E-state index in [0.29, 0.717) is 10.7 Å². The Morgan fingerprint density at radius 2 is 1.62 bits per heavy atom. The van der Waals surface area contributed by atoms with Gasteiger partial charge in [0.1, 0.15) is 0 Å². The molecule has 0 fully saturated rings. The third kappa shape index (κ3) is 5.43. The molecule has 4 rings (SSSR count). The highest BCUT2D eigenvalue weighted by Gasteiger charge is 2.18. The first-order valence-electron chi connectivity index (χ1n) is 11.0. The predicted octanol–water partition coefficient (Wildman–Crippen LogP) is 5.41. The van der Waals surface area contributed by atoms with E-state index in [4.69, 9.17) is 0 Å². The van der Waals surface area contributed by atoms with Gasteiger partial charge in [0.15, 0.2) is 16.8 Å². The summed E-state index contributed by atoms with van der Waals surface area (Å²) >= 11 is 1.37. The minimum Gasteiger partial charge on any atom is -0.350 e. The van der Waals surface area contributed by atoms with E-state index < -0.39 is 0 Å². The first-order chi connectivity index (χ1) is 16.4. The molecule has 0 aliphatic carbocycles. The Morgan fingerprint density at radius 3 is 2.26 bits per heavy atom. The number of aromatic nitrogens is 3. The van der Waals surface area contributed by atoms with E-state index in [2.05, 4.69) is 15.5 Å². The van der Waals surface area contributed by atoms with Crippen molar-refractivity contribution in [1.82, 2.24) is 20.1 Å². The van der Waals surface area contributed by atoms with Crippen LogP contribution < -0.4 is 5.32 Å². The van der Waals surface area contributed by atoms with Crippen molar-refractivity contribution in [2.45, 2.75) is 32.0 Å². The Labute approximate surface area is 203 Å². The number of aryl methyl sites for hydroxylation is 1. The number of thioether (sulfide) groups is 1. The standard InChI is InChI=1S/C27H26N4O2S/c1-18-9-15-24(16-10-18)31-26(23-7-5-4-6-8-23)29-30-27(31)34-17-25(33)22-13-11-21(12-14-22)19(2)28-20(3)32/h4-16,19H,17H2,1-3H3,(H,28,32). The van der Waals surface area contributed by atoms with Gasteiger partial charge in [-0.2, -0.15) is 0 Å². The number of nitrogens with one attached hydrogen (secondary N) is 1. The van der Waals surface area contributed by atoms with Gasteiger partial charge in [0.25, 0.3) is 0 Å². The van der Waals surface area contributed by atoms with Crippen LogP contribution in [0.4, 0.5) is 0 Å². The fourth-order valence-electron chi connectivity index (χ4n) is 3.62. The molecule has 0 aliphatic heterocycles. The van der Waals surface area contributed by atoms with Crippen LogP contribution in [0, 0.1) is 6.92 Å². The number of Topliss-reactive ketones (excluding diaryl/α,β-unsaturated/α-hetero) is 1. The first kappa shape index (κ1) is 23.4. The van der Waals surface area contributed by atoms with Gasteiger partial charge in [-0.1, -0.05) is 84.1 Å². The SMILES string of the molecule is CC(=O)NC(C)c1ccc(C(=O)CSc2nnc(-c3ccccc3)n2-c2ccc(C)cc2)cc1. The molecule has 4 aromatic rings. The molecule has 1 atom stereocenters. The fraction of sp³-hybridized carbons (Fsp3) is 0.185. The molecule has 1 heterocycles. The molecule has 6 nitrogen and oxygen atoms in total. The van der Waals surface area contributed by atoms with Crippen LogP contribution >= 0.6 is 11.8 Å². The van der Waals surface area contributed by atoms with Crippen molar-refractivity contribution < 1.29 is 9.59 Å². The second-order valence-corrected chi connectivity index (χ2v) is 9.04. The van der Waals surface area contributed by atoms with Crippen molar-refractivity contribution in [3.05, 3.63) is 95.6 Å². The zero-order chi connectivity index (χ0) is 24.1. The molecule has 7 heteroatoms.